The summed E-state index contributed by atoms with van der Waals surface area (Å²) in [7, 11) is -13.3. The molecule has 0 nitrogen and oxygen atoms in total. The average molecular weight is 1890 g/mol. The highest BCUT2D eigenvalue weighted by Crippen LogP contribution is 2.53. The molecule has 0 amide bonds. The molecule has 578 valence electrons. The summed E-state index contributed by atoms with van der Waals surface area (Å²) >= 11 is 32.0. The molecule has 0 saturated carbocycles. The van der Waals surface area contributed by atoms with E-state index >= 15 is 0 Å². The third-order valence-electron chi connectivity index (χ3n) is 20.6. The van der Waals surface area contributed by atoms with Crippen LogP contribution in [0.1, 0.15) is 0 Å². The first-order valence-electron chi connectivity index (χ1n) is 38.3. The highest BCUT2D eigenvalue weighted by Gasteiger charge is 2.37. The maximum Gasteiger partial charge on any atom is 0.0795 e. The van der Waals surface area contributed by atoms with Crippen molar-refractivity contribution < 1.29 is 0 Å². The Bertz CT molecular complexity index is 5780. The summed E-state index contributed by atoms with van der Waals surface area (Å²) in [6.07, 6.45) is 0. The third-order valence-corrected chi connectivity index (χ3v) is 58.4. The van der Waals surface area contributed by atoms with Gasteiger partial charge in [-0.25, -0.2) is 0 Å². The van der Waals surface area contributed by atoms with Gasteiger partial charge in [-0.05, 0) is 198 Å². The van der Waals surface area contributed by atoms with Crippen molar-refractivity contribution in [1.82, 2.24) is 0 Å². The lowest BCUT2D eigenvalue weighted by molar-refractivity contribution is 1.74. The van der Waals surface area contributed by atoms with Crippen molar-refractivity contribution in [3.63, 3.8) is 0 Å². The lowest BCUT2D eigenvalue weighted by atomic mass is 10.3. The van der Waals surface area contributed by atoms with Crippen molar-refractivity contribution in [2.45, 2.75) is 157 Å². The predicted molar refractivity (Wildman–Crippen MR) is 558 cm³/mol. The van der Waals surface area contributed by atoms with Crippen LogP contribution in [0.5, 0.6) is 0 Å². The van der Waals surface area contributed by atoms with E-state index < -0.39 is 64.6 Å². The van der Waals surface area contributed by atoms with E-state index in [4.69, 9.17) is 0 Å². The minimum absolute atomic E-state index is 1.35. The van der Waals surface area contributed by atoms with Crippen LogP contribution < -0.4 is 41.5 Å². The number of hydrogen-bond donors (Lipinski definition) is 0. The van der Waals surface area contributed by atoms with E-state index in [-0.39, 0.29) is 0 Å². The van der Waals surface area contributed by atoms with Crippen LogP contribution in [0.25, 0.3) is 146 Å². The minimum Gasteiger partial charge on any atom is -0.143 e. The highest BCUT2D eigenvalue weighted by atomic mass is 32.2. The summed E-state index contributed by atoms with van der Waals surface area (Å²) in [6, 6.07) is 58.9. The Balaban J connectivity index is 0.649. The first-order valence-corrected chi connectivity index (χ1v) is 79.5. The summed E-state index contributed by atoms with van der Waals surface area (Å²) in [5.41, 5.74) is 0. The van der Waals surface area contributed by atoms with Crippen molar-refractivity contribution >= 4 is 287 Å². The van der Waals surface area contributed by atoms with Gasteiger partial charge in [-0.2, -0.15) is 0 Å². The zero-order valence-corrected chi connectivity index (χ0v) is 89.6. The van der Waals surface area contributed by atoms with Crippen LogP contribution in [0.4, 0.5) is 0 Å². The second-order valence-electron chi connectivity index (χ2n) is 37.8. The van der Waals surface area contributed by atoms with E-state index in [1.165, 1.54) is 146 Å². The molecule has 16 aromatic rings. The molecule has 0 aliphatic carbocycles. The molecule has 0 radical (unpaired) electrons. The molecule has 112 heavy (non-hydrogen) atoms. The molecule has 0 atom stereocenters. The standard InChI is InChI=1S/C88H98S16Si8/c1-105(2,3)51-41-69(89-49-51)61-33-25-53(91-61)55-27-35-63(93-55)71-43-77(107(7,8)9)83(99-71)85-79(109(13,14)15)45-73(101-85)65-37-29-57(95-65)59-31-39-67(97-59)75-47-81(111(19,20)21)87(103-75)88-82(112(22,23)24)48-76(104-88)68-40-32-60(98-68)58-30-38-66(96-58)74-46-80(110(16,17)18)86(102-74)84-78(108(10,11)12)44-72(100-84)64-36-28-56(94-64)54-26-34-62(92-54)70-42-52(50-90-70)106(4,5)6/h25-50H,1-24H3. The summed E-state index contributed by atoms with van der Waals surface area (Å²) in [4.78, 5) is 42.5. The molecule has 16 rings (SSSR count). The van der Waals surface area contributed by atoms with E-state index in [1.807, 2.05) is 113 Å². The average Bonchev–Trinajstić information content (AvgIpc) is 1.60. The SMILES string of the molecule is C[Si](C)(C)c1csc(-c2ccc(-c3ccc(-c4cc([Si](C)(C)C)c(-c5sc(-c6ccc(-c7ccc(-c8cc([Si](C)(C)C)c(-c9sc(-c%10ccc(-c%11ccc(-c%12cc([Si](C)(C)C)c(-c%13sc(-c%14ccc(-c%15ccc(-c%16cc([Si](C)(C)C)cs%16)s%15)s%14)cc%13[Si](C)(C)C)s%12)s%11)s%10)cc9[Si](C)(C)C)s8)s7)s6)cc5[Si](C)(C)C)s4)s3)s2)c1. The van der Waals surface area contributed by atoms with Gasteiger partial charge in [0, 0.05) is 146 Å². The van der Waals surface area contributed by atoms with Crippen LogP contribution in [0, 0.1) is 0 Å². The maximum atomic E-state index is 2.62. The normalized spacial score (nSPS) is 13.2. The molecule has 0 aliphatic rings. The fourth-order valence-electron chi connectivity index (χ4n) is 14.0. The van der Waals surface area contributed by atoms with Crippen LogP contribution in [0.15, 0.2) is 156 Å². The van der Waals surface area contributed by atoms with Crippen LogP contribution >= 0.6 is 181 Å². The lowest BCUT2D eigenvalue weighted by Crippen LogP contribution is -2.41. The van der Waals surface area contributed by atoms with Crippen LogP contribution in [0.3, 0.4) is 0 Å². The van der Waals surface area contributed by atoms with E-state index in [0.717, 1.165) is 0 Å². The fourth-order valence-corrected chi connectivity index (χ4v) is 51.9. The molecule has 16 aromatic heterocycles. The Hall–Kier alpha value is -3.06. The first-order chi connectivity index (χ1) is 52.4. The zero-order valence-electron chi connectivity index (χ0n) is 68.5. The summed E-state index contributed by atoms with van der Waals surface area (Å²) in [5, 5.41) is 17.5. The van der Waals surface area contributed by atoms with Gasteiger partial charge in [0.15, 0.2) is 0 Å². The first kappa shape index (κ1) is 82.6. The Morgan fingerprint density at radius 1 is 0.143 bits per heavy atom. The number of hydrogen-bond acceptors (Lipinski definition) is 16. The van der Waals surface area contributed by atoms with Crippen molar-refractivity contribution in [1.29, 1.82) is 0 Å². The van der Waals surface area contributed by atoms with Gasteiger partial charge in [0.2, 0.25) is 0 Å². The quantitative estimate of drug-likeness (QED) is 0.0560. The van der Waals surface area contributed by atoms with Gasteiger partial charge in [0.05, 0.1) is 64.6 Å². The largest absolute Gasteiger partial charge is 0.143 e. The van der Waals surface area contributed by atoms with Gasteiger partial charge in [-0.3, -0.25) is 0 Å². The monoisotopic (exact) mass is 1890 g/mol. The molecule has 0 aromatic carbocycles. The molecule has 16 heterocycles. The minimum atomic E-state index is -1.80. The van der Waals surface area contributed by atoms with Gasteiger partial charge in [-0.15, -0.1) is 181 Å². The lowest BCUT2D eigenvalue weighted by Gasteiger charge is -2.20. The van der Waals surface area contributed by atoms with Crippen LogP contribution in [-0.4, -0.2) is 64.6 Å². The molecular formula is C88H98S16Si8. The molecular weight excluding hydrogens is 1790 g/mol. The van der Waals surface area contributed by atoms with Gasteiger partial charge in [0.25, 0.3) is 0 Å². The molecule has 0 aliphatic heterocycles. The van der Waals surface area contributed by atoms with Crippen molar-refractivity contribution in [2.24, 2.45) is 0 Å². The molecule has 0 unspecified atom stereocenters. The smallest absolute Gasteiger partial charge is 0.0795 e. The van der Waals surface area contributed by atoms with Crippen molar-refractivity contribution in [2.75, 3.05) is 0 Å². The Labute approximate surface area is 737 Å². The van der Waals surface area contributed by atoms with Crippen molar-refractivity contribution in [3.8, 4) is 146 Å². The maximum absolute atomic E-state index is 2.62. The van der Waals surface area contributed by atoms with E-state index in [2.05, 4.69) is 382 Å². The van der Waals surface area contributed by atoms with Gasteiger partial charge < -0.3 is 0 Å². The topological polar surface area (TPSA) is 0 Å². The molecule has 0 N–H and O–H groups in total. The molecule has 0 fully saturated rings. The van der Waals surface area contributed by atoms with E-state index in [9.17, 15) is 0 Å². The van der Waals surface area contributed by atoms with Crippen molar-refractivity contribution in [3.05, 3.63) is 156 Å². The van der Waals surface area contributed by atoms with Gasteiger partial charge >= 0.3 is 0 Å². The molecule has 0 saturated heterocycles. The Morgan fingerprint density at radius 2 is 0.277 bits per heavy atom. The van der Waals surface area contributed by atoms with Crippen LogP contribution in [0.2, 0.25) is 157 Å². The Morgan fingerprint density at radius 3 is 0.402 bits per heavy atom. The molecule has 0 bridgehead atoms. The number of rotatable bonds is 23. The fraction of sp³-hybridized carbons (Fsp3) is 0.273. The van der Waals surface area contributed by atoms with Crippen LogP contribution in [-0.2, 0) is 0 Å². The summed E-state index contributed by atoms with van der Waals surface area (Å²) < 4.78 is 0. The van der Waals surface area contributed by atoms with E-state index in [0.29, 0.717) is 0 Å². The van der Waals surface area contributed by atoms with Gasteiger partial charge in [0.1, 0.15) is 0 Å². The second kappa shape index (κ2) is 30.6. The summed E-state index contributed by atoms with van der Waals surface area (Å²) in [6.45, 7) is 60.6. The second-order valence-corrected chi connectivity index (χ2v) is 95.0. The third kappa shape index (κ3) is 16.8. The Kier molecular flexibility index (Phi) is 22.6. The van der Waals surface area contributed by atoms with Gasteiger partial charge in [-0.1, -0.05) is 157 Å². The van der Waals surface area contributed by atoms with E-state index in [1.54, 1.807) is 41.5 Å². The summed E-state index contributed by atoms with van der Waals surface area (Å²) in [5.74, 6) is 0. The zero-order chi connectivity index (χ0) is 79.6. The predicted octanol–water partition coefficient (Wildman–Crippen LogP) is 32.0. The highest BCUT2D eigenvalue weighted by molar-refractivity contribution is 7.36. The number of thiophene rings is 16. The molecule has 0 spiro atoms. The molecule has 24 heteroatoms.